The van der Waals surface area contributed by atoms with Crippen molar-refractivity contribution in [3.8, 4) is 11.5 Å². The van der Waals surface area contributed by atoms with Crippen LogP contribution in [0, 0.1) is 0 Å². The minimum absolute atomic E-state index is 0.250. The normalized spacial score (nSPS) is 9.76. The Morgan fingerprint density at radius 1 is 1.00 bits per heavy atom. The molecule has 0 saturated carbocycles. The molecule has 0 aliphatic carbocycles. The van der Waals surface area contributed by atoms with E-state index in [9.17, 15) is 4.79 Å². The van der Waals surface area contributed by atoms with E-state index in [-0.39, 0.29) is 6.03 Å². The molecule has 0 fully saturated rings. The molecule has 0 atom stereocenters. The van der Waals surface area contributed by atoms with Crippen LogP contribution in [-0.4, -0.2) is 26.3 Å². The third-order valence-corrected chi connectivity index (χ3v) is 2.75. The van der Waals surface area contributed by atoms with Crippen LogP contribution in [0.5, 0.6) is 11.5 Å². The van der Waals surface area contributed by atoms with Gasteiger partial charge in [-0.15, -0.1) is 0 Å². The van der Waals surface area contributed by atoms with Crippen molar-refractivity contribution < 1.29 is 14.3 Å². The van der Waals surface area contributed by atoms with Gasteiger partial charge in [0.2, 0.25) is 0 Å². The number of methoxy groups -OCH3 is 1. The number of benzene rings is 2. The highest BCUT2D eigenvalue weighted by molar-refractivity contribution is 5.89. The molecular weight excluding hydrogens is 268 g/mol. The number of anilines is 1. The summed E-state index contributed by atoms with van der Waals surface area (Å²) in [6.07, 6.45) is 0. The number of amides is 2. The summed E-state index contributed by atoms with van der Waals surface area (Å²) in [6, 6.07) is 16.3. The van der Waals surface area contributed by atoms with E-state index in [1.165, 1.54) is 0 Å². The van der Waals surface area contributed by atoms with E-state index >= 15 is 0 Å². The van der Waals surface area contributed by atoms with Crippen LogP contribution in [0.1, 0.15) is 0 Å². The Balaban J connectivity index is 1.66. The number of rotatable bonds is 6. The fourth-order valence-corrected chi connectivity index (χ4v) is 1.70. The molecule has 0 unspecified atom stereocenters. The van der Waals surface area contributed by atoms with E-state index in [0.29, 0.717) is 13.2 Å². The maximum absolute atomic E-state index is 11.6. The number of carbonyl (C=O) groups is 1. The first-order chi connectivity index (χ1) is 10.3. The largest absolute Gasteiger partial charge is 0.497 e. The summed E-state index contributed by atoms with van der Waals surface area (Å²) in [6.45, 7) is 0.819. The minimum atomic E-state index is -0.250. The van der Waals surface area contributed by atoms with Crippen molar-refractivity contribution in [1.82, 2.24) is 5.32 Å². The highest BCUT2D eigenvalue weighted by Crippen LogP contribution is 2.16. The Kier molecular flexibility index (Phi) is 5.46. The molecule has 110 valence electrons. The summed E-state index contributed by atoms with van der Waals surface area (Å²) in [5, 5.41) is 5.46. The van der Waals surface area contributed by atoms with Crippen molar-refractivity contribution in [2.24, 2.45) is 0 Å². The van der Waals surface area contributed by atoms with Gasteiger partial charge < -0.3 is 20.1 Å². The van der Waals surface area contributed by atoms with Gasteiger partial charge in [-0.05, 0) is 36.4 Å². The fourth-order valence-electron chi connectivity index (χ4n) is 1.70. The highest BCUT2D eigenvalue weighted by atomic mass is 16.5. The van der Waals surface area contributed by atoms with Crippen molar-refractivity contribution in [3.05, 3.63) is 54.6 Å². The molecule has 0 bridgehead atoms. The SMILES string of the molecule is COc1ccc(OCCNC(=O)Nc2ccccc2)cc1. The Morgan fingerprint density at radius 2 is 1.67 bits per heavy atom. The van der Waals surface area contributed by atoms with Gasteiger partial charge in [0.15, 0.2) is 0 Å². The van der Waals surface area contributed by atoms with E-state index < -0.39 is 0 Å². The smallest absolute Gasteiger partial charge is 0.319 e. The van der Waals surface area contributed by atoms with Gasteiger partial charge in [-0.2, -0.15) is 0 Å². The highest BCUT2D eigenvalue weighted by Gasteiger charge is 2.00. The molecule has 2 rings (SSSR count). The Morgan fingerprint density at radius 3 is 2.33 bits per heavy atom. The van der Waals surface area contributed by atoms with Gasteiger partial charge in [-0.3, -0.25) is 0 Å². The van der Waals surface area contributed by atoms with E-state index in [2.05, 4.69) is 10.6 Å². The summed E-state index contributed by atoms with van der Waals surface area (Å²) >= 11 is 0. The molecule has 2 aromatic rings. The number of nitrogens with one attached hydrogen (secondary N) is 2. The molecule has 0 aliphatic heterocycles. The standard InChI is InChI=1S/C16H18N2O3/c1-20-14-7-9-15(10-8-14)21-12-11-17-16(19)18-13-5-3-2-4-6-13/h2-10H,11-12H2,1H3,(H2,17,18,19). The molecule has 0 aromatic heterocycles. The van der Waals surface area contributed by atoms with E-state index in [0.717, 1.165) is 17.2 Å². The quantitative estimate of drug-likeness (QED) is 0.803. The zero-order valence-corrected chi connectivity index (χ0v) is 11.8. The van der Waals surface area contributed by atoms with Gasteiger partial charge >= 0.3 is 6.03 Å². The second-order valence-electron chi connectivity index (χ2n) is 4.27. The second-order valence-corrected chi connectivity index (χ2v) is 4.27. The van der Waals surface area contributed by atoms with E-state index in [1.807, 2.05) is 54.6 Å². The number of carbonyl (C=O) groups excluding carboxylic acids is 1. The summed E-state index contributed by atoms with van der Waals surface area (Å²) in [5.41, 5.74) is 0.756. The lowest BCUT2D eigenvalue weighted by Crippen LogP contribution is -2.32. The van der Waals surface area contributed by atoms with Crippen molar-refractivity contribution in [1.29, 1.82) is 0 Å². The van der Waals surface area contributed by atoms with Crippen molar-refractivity contribution in [3.63, 3.8) is 0 Å². The zero-order valence-electron chi connectivity index (χ0n) is 11.8. The van der Waals surface area contributed by atoms with Crippen molar-refractivity contribution in [2.45, 2.75) is 0 Å². The van der Waals surface area contributed by atoms with Crippen LogP contribution in [0.15, 0.2) is 54.6 Å². The first-order valence-corrected chi connectivity index (χ1v) is 6.64. The molecule has 21 heavy (non-hydrogen) atoms. The average Bonchev–Trinajstić information content (AvgIpc) is 2.53. The first-order valence-electron chi connectivity index (χ1n) is 6.64. The Bertz CT molecular complexity index is 555. The third kappa shape index (κ3) is 5.06. The van der Waals surface area contributed by atoms with Gasteiger partial charge in [-0.25, -0.2) is 4.79 Å². The zero-order chi connectivity index (χ0) is 14.9. The molecule has 2 N–H and O–H groups in total. The fraction of sp³-hybridized carbons (Fsp3) is 0.188. The summed E-state index contributed by atoms with van der Waals surface area (Å²) in [5.74, 6) is 1.52. The van der Waals surface area contributed by atoms with Crippen LogP contribution in [0.4, 0.5) is 10.5 Å². The Labute approximate surface area is 123 Å². The third-order valence-electron chi connectivity index (χ3n) is 2.75. The van der Waals surface area contributed by atoms with Gasteiger partial charge in [0.05, 0.1) is 13.7 Å². The number of hydrogen-bond acceptors (Lipinski definition) is 3. The molecule has 0 saturated heterocycles. The van der Waals surface area contributed by atoms with Crippen LogP contribution < -0.4 is 20.1 Å². The van der Waals surface area contributed by atoms with Crippen LogP contribution in [0.25, 0.3) is 0 Å². The summed E-state index contributed by atoms with van der Waals surface area (Å²) in [4.78, 5) is 11.6. The molecule has 2 amide bonds. The minimum Gasteiger partial charge on any atom is -0.497 e. The molecule has 0 radical (unpaired) electrons. The predicted molar refractivity (Wildman–Crippen MR) is 82.0 cm³/mol. The van der Waals surface area contributed by atoms with Crippen LogP contribution in [0.3, 0.4) is 0 Å². The second kappa shape index (κ2) is 7.79. The molecule has 5 heteroatoms. The van der Waals surface area contributed by atoms with Gasteiger partial charge in [0.1, 0.15) is 18.1 Å². The summed E-state index contributed by atoms with van der Waals surface area (Å²) < 4.78 is 10.6. The van der Waals surface area contributed by atoms with E-state index in [4.69, 9.17) is 9.47 Å². The predicted octanol–water partition coefficient (Wildman–Crippen LogP) is 2.90. The molecule has 0 aliphatic rings. The lowest BCUT2D eigenvalue weighted by atomic mass is 10.3. The maximum atomic E-state index is 11.6. The summed E-state index contributed by atoms with van der Waals surface area (Å²) in [7, 11) is 1.62. The molecule has 5 nitrogen and oxygen atoms in total. The number of hydrogen-bond donors (Lipinski definition) is 2. The number of ether oxygens (including phenoxy) is 2. The topological polar surface area (TPSA) is 59.6 Å². The lowest BCUT2D eigenvalue weighted by Gasteiger charge is -2.09. The van der Waals surface area contributed by atoms with Gasteiger partial charge in [0.25, 0.3) is 0 Å². The maximum Gasteiger partial charge on any atom is 0.319 e. The molecular formula is C16H18N2O3. The van der Waals surface area contributed by atoms with Crippen molar-refractivity contribution in [2.75, 3.05) is 25.6 Å². The average molecular weight is 286 g/mol. The van der Waals surface area contributed by atoms with E-state index in [1.54, 1.807) is 7.11 Å². The molecule has 2 aromatic carbocycles. The lowest BCUT2D eigenvalue weighted by molar-refractivity contribution is 0.247. The van der Waals surface area contributed by atoms with Crippen LogP contribution in [-0.2, 0) is 0 Å². The Hall–Kier alpha value is -2.69. The van der Waals surface area contributed by atoms with Crippen LogP contribution >= 0.6 is 0 Å². The molecule has 0 spiro atoms. The number of urea groups is 1. The first kappa shape index (κ1) is 14.7. The number of para-hydroxylation sites is 1. The molecule has 0 heterocycles. The monoisotopic (exact) mass is 286 g/mol. The van der Waals surface area contributed by atoms with Crippen LogP contribution in [0.2, 0.25) is 0 Å². The van der Waals surface area contributed by atoms with Gasteiger partial charge in [0, 0.05) is 5.69 Å². The van der Waals surface area contributed by atoms with Crippen molar-refractivity contribution >= 4 is 11.7 Å². The van der Waals surface area contributed by atoms with Gasteiger partial charge in [-0.1, -0.05) is 18.2 Å².